The number of aryl methyl sites for hydroxylation is 1. The van der Waals surface area contributed by atoms with E-state index in [0.717, 1.165) is 29.0 Å². The Morgan fingerprint density at radius 2 is 2.35 bits per heavy atom. The Kier molecular flexibility index (Phi) is 3.42. The quantitative estimate of drug-likeness (QED) is 0.793. The second-order valence-corrected chi connectivity index (χ2v) is 4.05. The fourth-order valence-electron chi connectivity index (χ4n) is 1.71. The minimum absolute atomic E-state index is 0.0711. The van der Waals surface area contributed by atoms with Crippen LogP contribution in [-0.4, -0.2) is 18.2 Å². The predicted octanol–water partition coefficient (Wildman–Crippen LogP) is 2.01. The number of nitrogens with zero attached hydrogens (tertiary/aromatic N) is 1. The molecule has 2 rings (SSSR count). The Balaban J connectivity index is 2.27. The summed E-state index contributed by atoms with van der Waals surface area (Å²) in [6, 6.07) is 5.98. The van der Waals surface area contributed by atoms with Crippen LogP contribution in [0.4, 0.5) is 0 Å². The number of carbonyl (C=O) groups excluding carboxylic acids is 1. The van der Waals surface area contributed by atoms with Crippen LogP contribution in [0.2, 0.25) is 0 Å². The van der Waals surface area contributed by atoms with Gasteiger partial charge >= 0.3 is 0 Å². The number of hydrogen-bond donors (Lipinski definition) is 1. The molecule has 90 valence electrons. The summed E-state index contributed by atoms with van der Waals surface area (Å²) < 4.78 is 5.55. The number of nitrogens with one attached hydrogen (secondary N) is 1. The number of carbonyl (C=O) groups is 1. The monoisotopic (exact) mass is 232 g/mol. The number of fused-ring (bicyclic) bond motifs is 1. The summed E-state index contributed by atoms with van der Waals surface area (Å²) in [5.74, 6) is 0.768. The first-order chi connectivity index (χ1) is 8.20. The summed E-state index contributed by atoms with van der Waals surface area (Å²) in [6.45, 7) is 4.44. The average Bonchev–Trinajstić information content (AvgIpc) is 2.35. The highest BCUT2D eigenvalue weighted by molar-refractivity contribution is 6.04. The maximum Gasteiger partial charge on any atom is 0.239 e. The maximum absolute atomic E-state index is 11.2. The number of benzene rings is 1. The lowest BCUT2D eigenvalue weighted by Gasteiger charge is -2.19. The van der Waals surface area contributed by atoms with Crippen molar-refractivity contribution in [3.05, 3.63) is 29.3 Å². The number of rotatable bonds is 2. The molecule has 1 aromatic carbocycles. The van der Waals surface area contributed by atoms with Crippen LogP contribution in [0.3, 0.4) is 0 Å². The zero-order valence-corrected chi connectivity index (χ0v) is 10.1. The molecule has 0 atom stereocenters. The van der Waals surface area contributed by atoms with Gasteiger partial charge in [0.1, 0.15) is 5.75 Å². The molecule has 1 aliphatic rings. The van der Waals surface area contributed by atoms with Crippen LogP contribution in [0, 0.1) is 6.92 Å². The van der Waals surface area contributed by atoms with E-state index in [1.54, 1.807) is 6.92 Å². The molecule has 0 saturated carbocycles. The van der Waals surface area contributed by atoms with Gasteiger partial charge in [-0.15, -0.1) is 0 Å². The third-order valence-corrected chi connectivity index (χ3v) is 2.68. The lowest BCUT2D eigenvalue weighted by molar-refractivity contribution is -0.120. The molecule has 4 nitrogen and oxygen atoms in total. The van der Waals surface area contributed by atoms with Gasteiger partial charge in [-0.1, -0.05) is 18.6 Å². The minimum atomic E-state index is -0.0711. The first-order valence-corrected chi connectivity index (χ1v) is 5.80. The highest BCUT2D eigenvalue weighted by Crippen LogP contribution is 2.25. The average molecular weight is 232 g/mol. The van der Waals surface area contributed by atoms with Gasteiger partial charge in [0, 0.05) is 18.4 Å². The molecule has 1 heterocycles. The summed E-state index contributed by atoms with van der Waals surface area (Å²) >= 11 is 0. The van der Waals surface area contributed by atoms with Crippen LogP contribution in [0.15, 0.2) is 23.3 Å². The van der Waals surface area contributed by atoms with Crippen molar-refractivity contribution < 1.29 is 9.53 Å². The van der Waals surface area contributed by atoms with E-state index >= 15 is 0 Å². The molecule has 1 N–H and O–H groups in total. The van der Waals surface area contributed by atoms with E-state index in [0.29, 0.717) is 13.0 Å². The number of hydrogen-bond acceptors (Lipinski definition) is 3. The Morgan fingerprint density at radius 3 is 3.12 bits per heavy atom. The van der Waals surface area contributed by atoms with Crippen molar-refractivity contribution in [3.63, 3.8) is 0 Å². The zero-order valence-electron chi connectivity index (χ0n) is 10.1. The molecular weight excluding hydrogens is 216 g/mol. The summed E-state index contributed by atoms with van der Waals surface area (Å²) in [6.07, 6.45) is 1.16. The molecule has 0 unspecified atom stereocenters. The lowest BCUT2D eigenvalue weighted by atomic mass is 10.0. The van der Waals surface area contributed by atoms with Gasteiger partial charge in [-0.3, -0.25) is 4.79 Å². The van der Waals surface area contributed by atoms with Gasteiger partial charge in [0.25, 0.3) is 0 Å². The van der Waals surface area contributed by atoms with E-state index in [2.05, 4.69) is 10.5 Å². The first-order valence-electron chi connectivity index (χ1n) is 5.80. The Bertz CT molecular complexity index is 466. The molecule has 0 aromatic heterocycles. The van der Waals surface area contributed by atoms with Crippen molar-refractivity contribution in [1.82, 2.24) is 5.43 Å². The molecule has 0 spiro atoms. The summed E-state index contributed by atoms with van der Waals surface area (Å²) in [7, 11) is 0. The summed E-state index contributed by atoms with van der Waals surface area (Å²) in [4.78, 5) is 11.2. The molecule has 1 amide bonds. The normalized spacial score (nSPS) is 16.2. The van der Waals surface area contributed by atoms with Crippen molar-refractivity contribution in [1.29, 1.82) is 0 Å². The molecule has 0 bridgehead atoms. The maximum atomic E-state index is 11.2. The third-order valence-electron chi connectivity index (χ3n) is 2.68. The smallest absolute Gasteiger partial charge is 0.239 e. The van der Waals surface area contributed by atoms with Crippen molar-refractivity contribution in [2.24, 2.45) is 5.10 Å². The van der Waals surface area contributed by atoms with Crippen LogP contribution >= 0.6 is 0 Å². The van der Waals surface area contributed by atoms with Crippen LogP contribution in [0.25, 0.3) is 0 Å². The highest BCUT2D eigenvalue weighted by atomic mass is 16.5. The SMILES string of the molecule is CCC(=O)NN=C1CCOc2ccc(C)cc21. The summed E-state index contributed by atoms with van der Waals surface area (Å²) in [5.41, 5.74) is 5.58. The number of ether oxygens (including phenoxy) is 1. The van der Waals surface area contributed by atoms with Gasteiger partial charge < -0.3 is 4.74 Å². The van der Waals surface area contributed by atoms with Crippen LogP contribution < -0.4 is 10.2 Å². The lowest BCUT2D eigenvalue weighted by Crippen LogP contribution is -2.22. The molecule has 0 fully saturated rings. The fraction of sp³-hybridized carbons (Fsp3) is 0.385. The topological polar surface area (TPSA) is 50.7 Å². The van der Waals surface area contributed by atoms with Gasteiger partial charge in [0.2, 0.25) is 5.91 Å². The Labute approximate surface area is 101 Å². The van der Waals surface area contributed by atoms with Gasteiger partial charge in [0.15, 0.2) is 0 Å². The van der Waals surface area contributed by atoms with E-state index in [4.69, 9.17) is 4.74 Å². The van der Waals surface area contributed by atoms with E-state index in [-0.39, 0.29) is 5.91 Å². The molecule has 0 saturated heterocycles. The largest absolute Gasteiger partial charge is 0.492 e. The number of hydrazone groups is 1. The Morgan fingerprint density at radius 1 is 1.53 bits per heavy atom. The molecular formula is C13H16N2O2. The van der Waals surface area contributed by atoms with E-state index < -0.39 is 0 Å². The highest BCUT2D eigenvalue weighted by Gasteiger charge is 2.16. The van der Waals surface area contributed by atoms with Crippen molar-refractivity contribution in [3.8, 4) is 5.75 Å². The van der Waals surface area contributed by atoms with Gasteiger partial charge in [-0.05, 0) is 19.1 Å². The van der Waals surface area contributed by atoms with Gasteiger partial charge in [-0.2, -0.15) is 5.10 Å². The standard InChI is InChI=1S/C13H16N2O2/c1-3-13(16)15-14-11-6-7-17-12-5-4-9(2)8-10(11)12/h4-5,8H,3,6-7H2,1-2H3,(H,15,16). The molecule has 4 heteroatoms. The molecule has 0 aliphatic carbocycles. The van der Waals surface area contributed by atoms with Crippen molar-refractivity contribution in [2.75, 3.05) is 6.61 Å². The van der Waals surface area contributed by atoms with Crippen LogP contribution in [0.5, 0.6) is 5.75 Å². The van der Waals surface area contributed by atoms with Crippen LogP contribution in [0.1, 0.15) is 30.9 Å². The predicted molar refractivity (Wildman–Crippen MR) is 66.3 cm³/mol. The third kappa shape index (κ3) is 2.64. The van der Waals surface area contributed by atoms with E-state index in [9.17, 15) is 4.79 Å². The second-order valence-electron chi connectivity index (χ2n) is 4.05. The van der Waals surface area contributed by atoms with E-state index in [1.165, 1.54) is 0 Å². The number of amides is 1. The van der Waals surface area contributed by atoms with Crippen LogP contribution in [-0.2, 0) is 4.79 Å². The minimum Gasteiger partial charge on any atom is -0.492 e. The molecule has 0 radical (unpaired) electrons. The summed E-state index contributed by atoms with van der Waals surface area (Å²) in [5, 5.41) is 4.17. The van der Waals surface area contributed by atoms with Gasteiger partial charge in [-0.25, -0.2) is 5.43 Å². The van der Waals surface area contributed by atoms with E-state index in [1.807, 2.05) is 25.1 Å². The molecule has 1 aliphatic heterocycles. The van der Waals surface area contributed by atoms with Gasteiger partial charge in [0.05, 0.1) is 12.3 Å². The Hall–Kier alpha value is -1.84. The zero-order chi connectivity index (χ0) is 12.3. The fourth-order valence-corrected chi connectivity index (χ4v) is 1.71. The van der Waals surface area contributed by atoms with Crippen molar-refractivity contribution in [2.45, 2.75) is 26.7 Å². The molecule has 17 heavy (non-hydrogen) atoms. The second kappa shape index (κ2) is 4.99. The first kappa shape index (κ1) is 11.6. The molecule has 1 aromatic rings. The van der Waals surface area contributed by atoms with Crippen molar-refractivity contribution >= 4 is 11.6 Å².